The Morgan fingerprint density at radius 2 is 1.79 bits per heavy atom. The van der Waals surface area contributed by atoms with Crippen molar-refractivity contribution < 1.29 is 0 Å². The van der Waals surface area contributed by atoms with Gasteiger partial charge in [0.05, 0.1) is 0 Å². The molecule has 1 aromatic heterocycles. The van der Waals surface area contributed by atoms with E-state index in [0.717, 1.165) is 30.2 Å². The molecule has 1 aromatic carbocycles. The van der Waals surface area contributed by atoms with Crippen LogP contribution in [0.3, 0.4) is 0 Å². The Kier molecular flexibility index (Phi) is 4.30. The van der Waals surface area contributed by atoms with E-state index in [9.17, 15) is 0 Å². The Morgan fingerprint density at radius 1 is 1.05 bits per heavy atom. The average Bonchev–Trinajstić information content (AvgIpc) is 2.47. The van der Waals surface area contributed by atoms with Gasteiger partial charge in [-0.1, -0.05) is 32.0 Å². The number of aromatic nitrogens is 2. The van der Waals surface area contributed by atoms with Gasteiger partial charge in [-0.2, -0.15) is 0 Å². The monoisotopic (exact) mass is 257 g/mol. The number of nitrogens with two attached hydrogens (primary N) is 1. The molecule has 0 aliphatic rings. The molecule has 19 heavy (non-hydrogen) atoms. The lowest BCUT2D eigenvalue weighted by atomic mass is 10.1. The summed E-state index contributed by atoms with van der Waals surface area (Å²) in [6.45, 7) is 4.14. The molecule has 5 heteroatoms. The molecule has 2 aromatic rings. The van der Waals surface area contributed by atoms with E-state index in [0.29, 0.717) is 5.82 Å². The maximum absolute atomic E-state index is 5.42. The predicted octanol–water partition coefficient (Wildman–Crippen LogP) is 2.63. The predicted molar refractivity (Wildman–Crippen MR) is 78.3 cm³/mol. The minimum atomic E-state index is 0.614. The number of nitrogens with one attached hydrogen (secondary N) is 2. The Balaban J connectivity index is 2.32. The second-order valence-corrected chi connectivity index (χ2v) is 4.19. The largest absolute Gasteiger partial charge is 0.340 e. The minimum Gasteiger partial charge on any atom is -0.340 e. The molecule has 100 valence electrons. The first-order valence-electron chi connectivity index (χ1n) is 6.46. The number of benzene rings is 1. The lowest BCUT2D eigenvalue weighted by Crippen LogP contribution is -2.11. The Morgan fingerprint density at radius 3 is 2.47 bits per heavy atom. The highest BCUT2D eigenvalue weighted by Crippen LogP contribution is 2.21. The number of hydrogen-bond donors (Lipinski definition) is 3. The molecule has 0 fully saturated rings. The molecule has 5 nitrogen and oxygen atoms in total. The van der Waals surface area contributed by atoms with Crippen LogP contribution in [0.4, 0.5) is 17.3 Å². The van der Waals surface area contributed by atoms with Crippen LogP contribution < -0.4 is 16.6 Å². The van der Waals surface area contributed by atoms with Gasteiger partial charge in [0, 0.05) is 18.2 Å². The van der Waals surface area contributed by atoms with Crippen molar-refractivity contribution in [2.45, 2.75) is 26.7 Å². The molecule has 0 spiro atoms. The van der Waals surface area contributed by atoms with Crippen molar-refractivity contribution in [1.82, 2.24) is 9.97 Å². The Labute approximate surface area is 113 Å². The van der Waals surface area contributed by atoms with Gasteiger partial charge in [-0.25, -0.2) is 15.8 Å². The number of rotatable bonds is 5. The summed E-state index contributed by atoms with van der Waals surface area (Å²) in [5, 5.41) is 3.33. The molecule has 0 radical (unpaired) electrons. The van der Waals surface area contributed by atoms with Crippen LogP contribution in [0, 0.1) is 0 Å². The minimum absolute atomic E-state index is 0.614. The van der Waals surface area contributed by atoms with Crippen molar-refractivity contribution in [3.8, 4) is 0 Å². The summed E-state index contributed by atoms with van der Waals surface area (Å²) >= 11 is 0. The van der Waals surface area contributed by atoms with E-state index in [4.69, 9.17) is 5.84 Å². The van der Waals surface area contributed by atoms with Gasteiger partial charge in [-0.15, -0.1) is 0 Å². The highest BCUT2D eigenvalue weighted by Gasteiger charge is 2.05. The zero-order chi connectivity index (χ0) is 13.7. The van der Waals surface area contributed by atoms with Crippen LogP contribution in [0.2, 0.25) is 0 Å². The molecule has 2 rings (SSSR count). The normalized spacial score (nSPS) is 10.3. The highest BCUT2D eigenvalue weighted by molar-refractivity contribution is 5.62. The standard InChI is InChI=1S/C14H19N5/c1-3-10-7-5-6-8-11(10)16-13-9-14(19-15)18-12(4-2)17-13/h5-9H,3-4,15H2,1-2H3,(H2,16,17,18,19). The first-order valence-corrected chi connectivity index (χ1v) is 6.46. The number of aryl methyl sites for hydroxylation is 2. The zero-order valence-electron chi connectivity index (χ0n) is 11.3. The van der Waals surface area contributed by atoms with Gasteiger partial charge in [0.2, 0.25) is 0 Å². The SMILES string of the molecule is CCc1nc(NN)cc(Nc2ccccc2CC)n1. The van der Waals surface area contributed by atoms with Crippen molar-refractivity contribution >= 4 is 17.3 Å². The molecule has 0 atom stereocenters. The van der Waals surface area contributed by atoms with Crippen LogP contribution in [-0.2, 0) is 12.8 Å². The Hall–Kier alpha value is -2.14. The fourth-order valence-electron chi connectivity index (χ4n) is 1.88. The maximum Gasteiger partial charge on any atom is 0.145 e. The van der Waals surface area contributed by atoms with Gasteiger partial charge >= 0.3 is 0 Å². The third kappa shape index (κ3) is 3.20. The number of para-hydroxylation sites is 1. The molecular weight excluding hydrogens is 238 g/mol. The van der Waals surface area contributed by atoms with Crippen LogP contribution in [0.1, 0.15) is 25.2 Å². The fourth-order valence-corrected chi connectivity index (χ4v) is 1.88. The quantitative estimate of drug-likeness (QED) is 0.567. The van der Waals surface area contributed by atoms with E-state index < -0.39 is 0 Å². The maximum atomic E-state index is 5.42. The molecule has 0 saturated heterocycles. The number of anilines is 3. The van der Waals surface area contributed by atoms with E-state index in [-0.39, 0.29) is 0 Å². The molecule has 0 amide bonds. The number of nitrogens with zero attached hydrogens (tertiary/aromatic N) is 2. The summed E-state index contributed by atoms with van der Waals surface area (Å²) in [5.41, 5.74) is 4.88. The number of hydrogen-bond acceptors (Lipinski definition) is 5. The summed E-state index contributed by atoms with van der Waals surface area (Å²) < 4.78 is 0. The summed E-state index contributed by atoms with van der Waals surface area (Å²) in [4.78, 5) is 8.72. The zero-order valence-corrected chi connectivity index (χ0v) is 11.3. The smallest absolute Gasteiger partial charge is 0.145 e. The van der Waals surface area contributed by atoms with Crippen molar-refractivity contribution in [3.63, 3.8) is 0 Å². The van der Waals surface area contributed by atoms with Gasteiger partial charge in [0.25, 0.3) is 0 Å². The van der Waals surface area contributed by atoms with E-state index in [2.05, 4.69) is 33.7 Å². The number of nitrogen functional groups attached to an aromatic ring is 1. The Bertz CT molecular complexity index is 531. The van der Waals surface area contributed by atoms with Crippen molar-refractivity contribution in [2.24, 2.45) is 5.84 Å². The second-order valence-electron chi connectivity index (χ2n) is 4.19. The van der Waals surface area contributed by atoms with Crippen molar-refractivity contribution in [3.05, 3.63) is 41.7 Å². The highest BCUT2D eigenvalue weighted by atomic mass is 15.3. The van der Waals surface area contributed by atoms with E-state index in [1.165, 1.54) is 5.56 Å². The third-order valence-electron chi connectivity index (χ3n) is 2.90. The molecule has 0 aliphatic carbocycles. The van der Waals surface area contributed by atoms with Gasteiger partial charge in [-0.05, 0) is 18.1 Å². The van der Waals surface area contributed by atoms with Crippen LogP contribution in [0.25, 0.3) is 0 Å². The topological polar surface area (TPSA) is 75.9 Å². The molecule has 1 heterocycles. The van der Waals surface area contributed by atoms with Gasteiger partial charge in [0.15, 0.2) is 0 Å². The lowest BCUT2D eigenvalue weighted by Gasteiger charge is -2.12. The van der Waals surface area contributed by atoms with E-state index in [1.807, 2.05) is 25.1 Å². The summed E-state index contributed by atoms with van der Waals surface area (Å²) in [6.07, 6.45) is 1.73. The summed E-state index contributed by atoms with van der Waals surface area (Å²) in [7, 11) is 0. The molecular formula is C14H19N5. The first kappa shape index (κ1) is 13.3. The molecule has 0 bridgehead atoms. The van der Waals surface area contributed by atoms with Gasteiger partial charge < -0.3 is 10.7 Å². The number of hydrazine groups is 1. The summed E-state index contributed by atoms with van der Waals surface area (Å²) in [6, 6.07) is 9.99. The molecule has 4 N–H and O–H groups in total. The fraction of sp³-hybridized carbons (Fsp3) is 0.286. The first-order chi connectivity index (χ1) is 9.26. The van der Waals surface area contributed by atoms with Crippen molar-refractivity contribution in [1.29, 1.82) is 0 Å². The average molecular weight is 257 g/mol. The molecule has 0 unspecified atom stereocenters. The van der Waals surface area contributed by atoms with E-state index >= 15 is 0 Å². The van der Waals surface area contributed by atoms with Gasteiger partial charge in [-0.3, -0.25) is 0 Å². The second kappa shape index (κ2) is 6.15. The van der Waals surface area contributed by atoms with Crippen LogP contribution in [-0.4, -0.2) is 9.97 Å². The van der Waals surface area contributed by atoms with Crippen molar-refractivity contribution in [2.75, 3.05) is 10.7 Å². The lowest BCUT2D eigenvalue weighted by molar-refractivity contribution is 0.941. The molecule has 0 saturated carbocycles. The van der Waals surface area contributed by atoms with E-state index in [1.54, 1.807) is 6.07 Å². The van der Waals surface area contributed by atoms with Crippen LogP contribution in [0.5, 0.6) is 0 Å². The van der Waals surface area contributed by atoms with Crippen LogP contribution in [0.15, 0.2) is 30.3 Å². The van der Waals surface area contributed by atoms with Crippen LogP contribution >= 0.6 is 0 Å². The molecule has 0 aliphatic heterocycles. The summed E-state index contributed by atoms with van der Waals surface area (Å²) in [5.74, 6) is 7.54. The third-order valence-corrected chi connectivity index (χ3v) is 2.90. The van der Waals surface area contributed by atoms with Gasteiger partial charge in [0.1, 0.15) is 17.5 Å².